The summed E-state index contributed by atoms with van der Waals surface area (Å²) in [6.07, 6.45) is 0. The molecule has 0 atom stereocenters. The lowest BCUT2D eigenvalue weighted by atomic mass is 10.1. The maximum Gasteiger partial charge on any atom is 0.316 e. The number of nitrogens with one attached hydrogen (secondary N) is 2. The zero-order valence-corrected chi connectivity index (χ0v) is 25.6. The van der Waals surface area contributed by atoms with Crippen molar-refractivity contribution in [3.8, 4) is 45.6 Å². The van der Waals surface area contributed by atoms with E-state index in [4.69, 9.17) is 45.2 Å². The maximum atomic E-state index is 8.36. The van der Waals surface area contributed by atoms with Crippen molar-refractivity contribution in [2.24, 2.45) is 0 Å². The number of fused-ring (bicyclic) bond motifs is 20. The van der Waals surface area contributed by atoms with Gasteiger partial charge >= 0.3 is 23.1 Å². The zero-order chi connectivity index (χ0) is 29.8. The minimum atomic E-state index is -1.50. The van der Waals surface area contributed by atoms with Crippen molar-refractivity contribution < 1.29 is 43.2 Å². The normalized spacial score (nSPS) is 9.88. The van der Waals surface area contributed by atoms with Crippen LogP contribution in [-0.2, 0) is 0 Å². The van der Waals surface area contributed by atoms with Crippen molar-refractivity contribution in [1.29, 1.82) is 0 Å². The molecule has 0 unspecified atom stereocenters. The predicted octanol–water partition coefficient (Wildman–Crippen LogP) is 0.657. The Balaban J connectivity index is 0.00000113. The Labute approximate surface area is 302 Å². The maximum absolute atomic E-state index is 8.36. The van der Waals surface area contributed by atoms with Crippen LogP contribution in [0.15, 0.2) is 97.1 Å². The SMILES string of the molecule is O.O.O.O.O.O.O=[N+]([O-])O.[MgH2].c1ccc2c(c1)-c1nc-2nc2[nH]c(nc3nc(nc4[nH]c(n1)c1ccccc41)-c1ccccc1-3)c1ccccc21. The van der Waals surface area contributed by atoms with Crippen LogP contribution in [0.4, 0.5) is 0 Å². The Kier molecular flexibility index (Phi) is 14.4. The molecule has 0 amide bonds. The first-order valence-electron chi connectivity index (χ1n) is 13.6. The van der Waals surface area contributed by atoms with Crippen LogP contribution in [-0.4, -0.2) is 106 Å². The van der Waals surface area contributed by atoms with Crippen molar-refractivity contribution in [2.75, 3.05) is 0 Å². The highest BCUT2D eigenvalue weighted by Crippen LogP contribution is 2.36. The van der Waals surface area contributed by atoms with Crippen LogP contribution in [0.1, 0.15) is 0 Å². The third-order valence-electron chi connectivity index (χ3n) is 7.46. The number of rotatable bonds is 0. The largest absolute Gasteiger partial charge is 0.412 e. The van der Waals surface area contributed by atoms with Gasteiger partial charge in [-0.15, -0.1) is 10.1 Å². The average molecular weight is 712 g/mol. The lowest BCUT2D eigenvalue weighted by Gasteiger charge is -1.96. The summed E-state index contributed by atoms with van der Waals surface area (Å²) in [7, 11) is 0. The van der Waals surface area contributed by atoms with Crippen LogP contribution in [0.3, 0.4) is 0 Å². The fourth-order valence-corrected chi connectivity index (χ4v) is 5.59. The van der Waals surface area contributed by atoms with Gasteiger partial charge in [-0.2, -0.15) is 0 Å². The molecule has 15 N–H and O–H groups in total. The molecule has 18 nitrogen and oxygen atoms in total. The number of nitrogens with zero attached hydrogens (tertiary/aromatic N) is 7. The van der Waals surface area contributed by atoms with E-state index in [1.54, 1.807) is 0 Å². The van der Waals surface area contributed by atoms with E-state index >= 15 is 0 Å². The number of hydrogen-bond acceptors (Lipinski definition) is 8. The Morgan fingerprint density at radius 2 is 0.627 bits per heavy atom. The molecule has 7 aromatic rings. The molecular formula is C32H33MgN9O9. The first-order valence-corrected chi connectivity index (χ1v) is 13.6. The molecule has 5 heterocycles. The van der Waals surface area contributed by atoms with Gasteiger partial charge in [0.15, 0.2) is 23.3 Å². The van der Waals surface area contributed by atoms with E-state index in [-0.39, 0.29) is 55.9 Å². The zero-order valence-electron chi connectivity index (χ0n) is 25.6. The predicted molar refractivity (Wildman–Crippen MR) is 195 cm³/mol. The van der Waals surface area contributed by atoms with Gasteiger partial charge in [0, 0.05) is 43.8 Å². The van der Waals surface area contributed by atoms with Gasteiger partial charge in [0.2, 0.25) is 0 Å². The number of benzene rings is 4. The summed E-state index contributed by atoms with van der Waals surface area (Å²) in [5.41, 5.74) is 6.45. The highest BCUT2D eigenvalue weighted by atomic mass is 24.3. The van der Waals surface area contributed by atoms with Crippen LogP contribution >= 0.6 is 0 Å². The second kappa shape index (κ2) is 17.1. The molecule has 19 heteroatoms. The number of H-pyrrole nitrogens is 2. The van der Waals surface area contributed by atoms with Crippen LogP contribution in [0, 0.1) is 10.1 Å². The van der Waals surface area contributed by atoms with Crippen LogP contribution in [0.25, 0.3) is 89.7 Å². The monoisotopic (exact) mass is 711 g/mol. The Hall–Kier alpha value is -6.03. The lowest BCUT2D eigenvalue weighted by molar-refractivity contribution is -0.742. The van der Waals surface area contributed by atoms with Crippen LogP contribution < -0.4 is 0 Å². The van der Waals surface area contributed by atoms with Crippen molar-refractivity contribution in [1.82, 2.24) is 39.9 Å². The minimum Gasteiger partial charge on any atom is -0.412 e. The molecule has 0 radical (unpaired) electrons. The molecule has 51 heavy (non-hydrogen) atoms. The standard InChI is InChI=1S/C32H18N8.Mg.HNO3.6H2O.2H/c1-2-10-18-17(9-1)25-33-26(18)38-28-21-13-5-6-14-22(21)30(35-28)40-32-24-16-8-7-15-23(24)31(36-32)39-29-20-12-4-3-11-19(20)27(34-29)37-25;;2-1(3)4;;;;;;;;/h1-16H,(H2,33,34,35,36,37,38,39,40);;(H,2,3,4);6*1H2;;. The second-order valence-corrected chi connectivity index (χ2v) is 10.0. The number of aromatic nitrogens is 8. The van der Waals surface area contributed by atoms with Crippen molar-refractivity contribution in [3.63, 3.8) is 0 Å². The topological polar surface area (TPSA) is 361 Å². The number of aromatic amines is 2. The molecule has 0 fully saturated rings. The molecule has 0 saturated carbocycles. The first kappa shape index (κ1) is 43.0. The summed E-state index contributed by atoms with van der Waals surface area (Å²) in [5.74, 6) is 2.39. The van der Waals surface area contributed by atoms with Gasteiger partial charge in [0.25, 0.3) is 5.09 Å². The molecule has 8 bridgehead atoms. The summed E-state index contributed by atoms with van der Waals surface area (Å²) in [6.45, 7) is 0. The first-order chi connectivity index (χ1) is 21.5. The summed E-state index contributed by atoms with van der Waals surface area (Å²) >= 11 is 0. The smallest absolute Gasteiger partial charge is 0.316 e. The van der Waals surface area contributed by atoms with E-state index in [1.165, 1.54) is 0 Å². The summed E-state index contributed by atoms with van der Waals surface area (Å²) < 4.78 is 0. The van der Waals surface area contributed by atoms with Gasteiger partial charge in [-0.25, -0.2) is 29.9 Å². The van der Waals surface area contributed by atoms with Gasteiger partial charge in [-0.1, -0.05) is 97.1 Å². The molecule has 0 saturated heterocycles. The quantitative estimate of drug-likeness (QED) is 0.113. The van der Waals surface area contributed by atoms with Gasteiger partial charge in [-0.3, -0.25) is 0 Å². The third-order valence-corrected chi connectivity index (χ3v) is 7.46. The Bertz CT molecular complexity index is 2170. The van der Waals surface area contributed by atoms with Gasteiger partial charge in [0.1, 0.15) is 22.6 Å². The van der Waals surface area contributed by atoms with E-state index in [9.17, 15) is 0 Å². The van der Waals surface area contributed by atoms with Gasteiger partial charge < -0.3 is 48.0 Å². The molecule has 9 rings (SSSR count). The van der Waals surface area contributed by atoms with Crippen LogP contribution in [0.5, 0.6) is 0 Å². The molecule has 262 valence electrons. The molecular weight excluding hydrogens is 679 g/mol. The Morgan fingerprint density at radius 1 is 0.431 bits per heavy atom. The summed E-state index contributed by atoms with van der Waals surface area (Å²) in [4.78, 5) is 45.1. The van der Waals surface area contributed by atoms with E-state index in [0.717, 1.165) is 43.8 Å². The lowest BCUT2D eigenvalue weighted by Crippen LogP contribution is -1.82. The molecule has 2 aliphatic rings. The van der Waals surface area contributed by atoms with Gasteiger partial charge in [0.05, 0.1) is 0 Å². The molecule has 4 aromatic carbocycles. The van der Waals surface area contributed by atoms with Crippen molar-refractivity contribution >= 4 is 67.2 Å². The average Bonchev–Trinajstić information content (AvgIpc) is 3.76. The van der Waals surface area contributed by atoms with E-state index in [1.807, 2.05) is 97.1 Å². The Morgan fingerprint density at radius 3 is 0.843 bits per heavy atom. The van der Waals surface area contributed by atoms with Crippen molar-refractivity contribution in [3.05, 3.63) is 107 Å². The fourth-order valence-electron chi connectivity index (χ4n) is 5.59. The van der Waals surface area contributed by atoms with Crippen LogP contribution in [0.2, 0.25) is 0 Å². The summed E-state index contributed by atoms with van der Waals surface area (Å²) in [5, 5.41) is 17.5. The highest BCUT2D eigenvalue weighted by molar-refractivity contribution is 6.06. The fraction of sp³-hybridized carbons (Fsp3) is 0. The third kappa shape index (κ3) is 7.45. The minimum absolute atomic E-state index is 0. The number of hydrogen-bond donors (Lipinski definition) is 3. The molecule has 2 aliphatic heterocycles. The molecule has 3 aromatic heterocycles. The second-order valence-electron chi connectivity index (χ2n) is 10.0. The van der Waals surface area contributed by atoms with E-state index in [0.29, 0.717) is 45.9 Å². The van der Waals surface area contributed by atoms with Gasteiger partial charge in [-0.05, 0) is 0 Å². The van der Waals surface area contributed by atoms with E-state index < -0.39 is 5.09 Å². The molecule has 0 aliphatic carbocycles. The summed E-state index contributed by atoms with van der Waals surface area (Å²) in [6, 6.07) is 32.2. The molecule has 0 spiro atoms. The van der Waals surface area contributed by atoms with E-state index in [2.05, 4.69) is 9.97 Å². The highest BCUT2D eigenvalue weighted by Gasteiger charge is 2.21. The van der Waals surface area contributed by atoms with Crippen molar-refractivity contribution in [2.45, 2.75) is 0 Å².